The average molecular weight is 501 g/mol. The molecule has 0 aromatic carbocycles. The molecule has 2 aliphatic rings. The van der Waals surface area contributed by atoms with Crippen LogP contribution < -0.4 is 15.4 Å². The first kappa shape index (κ1) is 23.2. The summed E-state index contributed by atoms with van der Waals surface area (Å²) in [7, 11) is 1.83. The number of hydrogen-bond donors (Lipinski definition) is 2. The summed E-state index contributed by atoms with van der Waals surface area (Å²) in [6.45, 7) is 5.87. The van der Waals surface area contributed by atoms with Crippen LogP contribution in [0.2, 0.25) is 0 Å². The van der Waals surface area contributed by atoms with E-state index in [0.29, 0.717) is 19.2 Å². The van der Waals surface area contributed by atoms with Gasteiger partial charge in [0.25, 0.3) is 0 Å². The van der Waals surface area contributed by atoms with Crippen molar-refractivity contribution in [1.29, 1.82) is 0 Å². The number of guanidine groups is 1. The van der Waals surface area contributed by atoms with Crippen molar-refractivity contribution in [2.45, 2.75) is 70.5 Å². The summed E-state index contributed by atoms with van der Waals surface area (Å²) in [5.41, 5.74) is 1.07. The van der Waals surface area contributed by atoms with Gasteiger partial charge in [0.2, 0.25) is 5.88 Å². The molecule has 2 fully saturated rings. The number of likely N-dealkylation sites (tertiary alicyclic amines) is 1. The lowest BCUT2D eigenvalue weighted by Crippen LogP contribution is -2.45. The zero-order valence-electron chi connectivity index (χ0n) is 17.3. The largest absolute Gasteiger partial charge is 0.477 e. The van der Waals surface area contributed by atoms with Gasteiger partial charge >= 0.3 is 0 Å². The third-order valence-electron chi connectivity index (χ3n) is 5.66. The monoisotopic (exact) mass is 501 g/mol. The van der Waals surface area contributed by atoms with Crippen LogP contribution >= 0.6 is 24.0 Å². The van der Waals surface area contributed by atoms with Crippen molar-refractivity contribution in [3.8, 4) is 5.88 Å². The van der Waals surface area contributed by atoms with Gasteiger partial charge in [-0.15, -0.1) is 24.0 Å². The summed E-state index contributed by atoms with van der Waals surface area (Å²) in [6, 6.07) is 5.30. The number of aromatic nitrogens is 1. The second kappa shape index (κ2) is 12.5. The summed E-state index contributed by atoms with van der Waals surface area (Å²) < 4.78 is 5.83. The minimum Gasteiger partial charge on any atom is -0.477 e. The van der Waals surface area contributed by atoms with Gasteiger partial charge in [0.05, 0.1) is 6.61 Å². The van der Waals surface area contributed by atoms with Crippen molar-refractivity contribution in [3.05, 3.63) is 23.9 Å². The Labute approximate surface area is 186 Å². The van der Waals surface area contributed by atoms with E-state index in [1.807, 2.05) is 13.1 Å². The molecule has 0 bridgehead atoms. The highest BCUT2D eigenvalue weighted by Crippen LogP contribution is 2.26. The zero-order valence-corrected chi connectivity index (χ0v) is 19.7. The first-order valence-corrected chi connectivity index (χ1v) is 10.6. The Bertz CT molecular complexity index is 606. The van der Waals surface area contributed by atoms with Crippen LogP contribution in [0.15, 0.2) is 23.3 Å². The minimum atomic E-state index is 0. The first-order chi connectivity index (χ1) is 13.3. The number of halogens is 1. The second-order valence-corrected chi connectivity index (χ2v) is 7.66. The fraction of sp³-hybridized carbons (Fsp3) is 0.714. The van der Waals surface area contributed by atoms with Crippen LogP contribution in [0.3, 0.4) is 0 Å². The van der Waals surface area contributed by atoms with Crippen molar-refractivity contribution in [1.82, 2.24) is 20.5 Å². The molecule has 1 aliphatic heterocycles. The summed E-state index contributed by atoms with van der Waals surface area (Å²) in [6.07, 6.45) is 10.7. The quantitative estimate of drug-likeness (QED) is 0.247. The van der Waals surface area contributed by atoms with Crippen molar-refractivity contribution in [2.75, 3.05) is 26.7 Å². The number of unbranched alkanes of at least 4 members (excludes halogenated alkanes) is 1. The highest BCUT2D eigenvalue weighted by atomic mass is 127. The van der Waals surface area contributed by atoms with Crippen LogP contribution in [-0.4, -0.2) is 54.7 Å². The highest BCUT2D eigenvalue weighted by molar-refractivity contribution is 14.0. The maximum atomic E-state index is 5.83. The zero-order chi connectivity index (χ0) is 18.9. The maximum Gasteiger partial charge on any atom is 0.218 e. The van der Waals surface area contributed by atoms with Crippen LogP contribution in [0.4, 0.5) is 0 Å². The third-order valence-corrected chi connectivity index (χ3v) is 5.66. The Hall–Kier alpha value is -1.09. The van der Waals surface area contributed by atoms with Crippen LogP contribution in [0, 0.1) is 0 Å². The van der Waals surface area contributed by atoms with Crippen molar-refractivity contribution < 1.29 is 4.74 Å². The van der Waals surface area contributed by atoms with Gasteiger partial charge < -0.3 is 15.4 Å². The van der Waals surface area contributed by atoms with Crippen LogP contribution in [0.25, 0.3) is 0 Å². The Balaban J connectivity index is 0.00000280. The SMILES string of the molecule is CCCCOc1ncccc1CNC(=NC)NC1CCN(C2CCCC2)C1.I. The fourth-order valence-electron chi connectivity index (χ4n) is 4.07. The van der Waals surface area contributed by atoms with Crippen molar-refractivity contribution in [3.63, 3.8) is 0 Å². The normalized spacial score (nSPS) is 20.8. The Morgan fingerprint density at radius 2 is 2.14 bits per heavy atom. The minimum absolute atomic E-state index is 0. The number of ether oxygens (including phenoxy) is 1. The molecule has 1 unspecified atom stereocenters. The third kappa shape index (κ3) is 6.76. The van der Waals surface area contributed by atoms with Gasteiger partial charge in [0.15, 0.2) is 5.96 Å². The van der Waals surface area contributed by atoms with E-state index in [2.05, 4.69) is 38.5 Å². The molecule has 0 radical (unpaired) electrons. The fourth-order valence-corrected chi connectivity index (χ4v) is 4.07. The predicted octanol–water partition coefficient (Wildman–Crippen LogP) is 3.56. The average Bonchev–Trinajstić information content (AvgIpc) is 3.38. The van der Waals surface area contributed by atoms with Gasteiger partial charge in [-0.05, 0) is 31.7 Å². The molecule has 1 aliphatic carbocycles. The van der Waals surface area contributed by atoms with Crippen LogP contribution in [0.1, 0.15) is 57.4 Å². The van der Waals surface area contributed by atoms with Gasteiger partial charge in [-0.1, -0.05) is 32.3 Å². The van der Waals surface area contributed by atoms with E-state index in [1.165, 1.54) is 38.6 Å². The molecule has 2 heterocycles. The highest BCUT2D eigenvalue weighted by Gasteiger charge is 2.30. The lowest BCUT2D eigenvalue weighted by Gasteiger charge is -2.24. The molecule has 7 heteroatoms. The van der Waals surface area contributed by atoms with Gasteiger partial charge in [-0.25, -0.2) is 4.98 Å². The second-order valence-electron chi connectivity index (χ2n) is 7.66. The van der Waals surface area contributed by atoms with Gasteiger partial charge in [0, 0.05) is 50.5 Å². The van der Waals surface area contributed by atoms with Crippen LogP contribution in [0.5, 0.6) is 5.88 Å². The molecule has 2 N–H and O–H groups in total. The lowest BCUT2D eigenvalue weighted by atomic mass is 10.2. The number of pyridine rings is 1. The van der Waals surface area contributed by atoms with E-state index < -0.39 is 0 Å². The van der Waals surface area contributed by atoms with Gasteiger partial charge in [0.1, 0.15) is 0 Å². The Morgan fingerprint density at radius 3 is 2.89 bits per heavy atom. The number of nitrogens with zero attached hydrogens (tertiary/aromatic N) is 3. The molecule has 3 rings (SSSR count). The van der Waals surface area contributed by atoms with Crippen molar-refractivity contribution >= 4 is 29.9 Å². The summed E-state index contributed by atoms with van der Waals surface area (Å²) in [5, 5.41) is 7.03. The van der Waals surface area contributed by atoms with E-state index in [4.69, 9.17) is 4.74 Å². The van der Waals surface area contributed by atoms with Gasteiger partial charge in [-0.3, -0.25) is 9.89 Å². The van der Waals surface area contributed by atoms with E-state index in [1.54, 1.807) is 6.20 Å². The van der Waals surface area contributed by atoms with Gasteiger partial charge in [-0.2, -0.15) is 0 Å². The smallest absolute Gasteiger partial charge is 0.218 e. The molecule has 1 saturated heterocycles. The van der Waals surface area contributed by atoms with E-state index in [0.717, 1.165) is 42.8 Å². The number of aliphatic imine (C=N–C) groups is 1. The molecule has 158 valence electrons. The van der Waals surface area contributed by atoms with Crippen LogP contribution in [-0.2, 0) is 6.54 Å². The molecular formula is C21H36IN5O. The molecule has 1 atom stereocenters. The molecule has 0 spiro atoms. The maximum absolute atomic E-state index is 5.83. The summed E-state index contributed by atoms with van der Waals surface area (Å²) in [4.78, 5) is 11.5. The summed E-state index contributed by atoms with van der Waals surface area (Å²) >= 11 is 0. The van der Waals surface area contributed by atoms with E-state index in [9.17, 15) is 0 Å². The van der Waals surface area contributed by atoms with E-state index in [-0.39, 0.29) is 24.0 Å². The molecular weight excluding hydrogens is 465 g/mol. The molecule has 28 heavy (non-hydrogen) atoms. The lowest BCUT2D eigenvalue weighted by molar-refractivity contribution is 0.242. The molecule has 1 aromatic heterocycles. The molecule has 1 aromatic rings. The molecule has 6 nitrogen and oxygen atoms in total. The Morgan fingerprint density at radius 1 is 1.32 bits per heavy atom. The summed E-state index contributed by atoms with van der Waals surface area (Å²) in [5.74, 6) is 1.58. The standard InChI is InChI=1S/C21H35N5O.HI/c1-3-4-14-27-20-17(8-7-12-23-20)15-24-21(22-2)25-18-11-13-26(16-18)19-9-5-6-10-19;/h7-8,12,18-19H,3-6,9-11,13-16H2,1-2H3,(H2,22,24,25);1H. The van der Waals surface area contributed by atoms with Crippen molar-refractivity contribution in [2.24, 2.45) is 4.99 Å². The Kier molecular flexibility index (Phi) is 10.3. The predicted molar refractivity (Wildman–Crippen MR) is 126 cm³/mol. The topological polar surface area (TPSA) is 61.8 Å². The molecule has 1 saturated carbocycles. The number of rotatable bonds is 8. The number of nitrogens with one attached hydrogen (secondary N) is 2. The van der Waals surface area contributed by atoms with E-state index >= 15 is 0 Å². The molecule has 0 amide bonds. The number of hydrogen-bond acceptors (Lipinski definition) is 4. The first-order valence-electron chi connectivity index (χ1n) is 10.6.